The van der Waals surface area contributed by atoms with E-state index >= 15 is 0 Å². The summed E-state index contributed by atoms with van der Waals surface area (Å²) >= 11 is 2.18. The maximum atomic E-state index is 11.7. The Balaban J connectivity index is 1.91. The van der Waals surface area contributed by atoms with Crippen molar-refractivity contribution in [2.45, 2.75) is 0 Å². The molecule has 0 atom stereocenters. The smallest absolute Gasteiger partial charge is 0.349 e. The van der Waals surface area contributed by atoms with E-state index < -0.39 is 11.9 Å². The summed E-state index contributed by atoms with van der Waals surface area (Å²) in [5, 5.41) is 0. The van der Waals surface area contributed by atoms with Gasteiger partial charge in [-0.1, -0.05) is 6.07 Å². The number of primary amides is 1. The minimum Gasteiger partial charge on any atom is -0.482 e. The first-order valence-electron chi connectivity index (χ1n) is 6.03. The van der Waals surface area contributed by atoms with Crippen LogP contribution >= 0.6 is 22.6 Å². The molecule has 108 valence electrons. The molecule has 0 spiro atoms. The molecule has 1 amide bonds. The van der Waals surface area contributed by atoms with Crippen LogP contribution in [0.15, 0.2) is 48.5 Å². The number of halogens is 1. The fourth-order valence-corrected chi connectivity index (χ4v) is 1.91. The van der Waals surface area contributed by atoms with Crippen molar-refractivity contribution >= 4 is 34.5 Å². The summed E-state index contributed by atoms with van der Waals surface area (Å²) in [6.07, 6.45) is 0. The zero-order valence-corrected chi connectivity index (χ0v) is 13.1. The van der Waals surface area contributed by atoms with Gasteiger partial charge < -0.3 is 15.2 Å². The number of hydrogen-bond donors (Lipinski definition) is 1. The molecule has 0 unspecified atom stereocenters. The molecule has 2 N–H and O–H groups in total. The van der Waals surface area contributed by atoms with Gasteiger partial charge in [-0.25, -0.2) is 4.79 Å². The van der Waals surface area contributed by atoms with Gasteiger partial charge in [0.05, 0.1) is 0 Å². The molecule has 6 heteroatoms. The maximum absolute atomic E-state index is 11.7. The van der Waals surface area contributed by atoms with Crippen LogP contribution in [0.25, 0.3) is 0 Å². The molecule has 0 saturated carbocycles. The van der Waals surface area contributed by atoms with Gasteiger partial charge in [-0.2, -0.15) is 0 Å². The largest absolute Gasteiger partial charge is 0.482 e. The predicted molar refractivity (Wildman–Crippen MR) is 85.2 cm³/mol. The van der Waals surface area contributed by atoms with E-state index in [0.29, 0.717) is 5.75 Å². The van der Waals surface area contributed by atoms with Gasteiger partial charge in [0.15, 0.2) is 6.61 Å². The molecule has 0 fully saturated rings. The first-order valence-corrected chi connectivity index (χ1v) is 7.11. The quantitative estimate of drug-likeness (QED) is 0.478. The summed E-state index contributed by atoms with van der Waals surface area (Å²) in [4.78, 5) is 22.7. The van der Waals surface area contributed by atoms with Crippen LogP contribution in [0.2, 0.25) is 0 Å². The first-order chi connectivity index (χ1) is 10.0. The average molecular weight is 397 g/mol. The highest BCUT2D eigenvalue weighted by Crippen LogP contribution is 2.15. The Morgan fingerprint density at radius 1 is 1.05 bits per heavy atom. The second-order valence-electron chi connectivity index (χ2n) is 4.11. The van der Waals surface area contributed by atoms with E-state index in [9.17, 15) is 9.59 Å². The lowest BCUT2D eigenvalue weighted by atomic mass is 10.2. The predicted octanol–water partition coefficient (Wildman–Crippen LogP) is 2.37. The minimum absolute atomic E-state index is 0.221. The molecule has 0 saturated heterocycles. The molecular formula is C15H12INO4. The maximum Gasteiger partial charge on any atom is 0.349 e. The van der Waals surface area contributed by atoms with Crippen molar-refractivity contribution in [3.63, 3.8) is 0 Å². The number of carbonyl (C=O) groups is 2. The van der Waals surface area contributed by atoms with E-state index in [0.717, 1.165) is 3.57 Å². The molecule has 0 aromatic heterocycles. The number of rotatable bonds is 5. The third kappa shape index (κ3) is 4.75. The Morgan fingerprint density at radius 2 is 1.76 bits per heavy atom. The highest BCUT2D eigenvalue weighted by molar-refractivity contribution is 14.1. The van der Waals surface area contributed by atoms with Gasteiger partial charge in [0, 0.05) is 9.13 Å². The summed E-state index contributed by atoms with van der Waals surface area (Å²) in [5.41, 5.74) is 5.43. The van der Waals surface area contributed by atoms with E-state index in [1.54, 1.807) is 30.3 Å². The zero-order valence-electron chi connectivity index (χ0n) is 10.9. The Kier molecular flexibility index (Phi) is 5.15. The van der Waals surface area contributed by atoms with Crippen LogP contribution in [0.5, 0.6) is 11.5 Å². The number of amides is 1. The monoisotopic (exact) mass is 397 g/mol. The second-order valence-corrected chi connectivity index (χ2v) is 5.35. The van der Waals surface area contributed by atoms with Crippen molar-refractivity contribution in [1.29, 1.82) is 0 Å². The van der Waals surface area contributed by atoms with Crippen LogP contribution in [0, 0.1) is 3.57 Å². The highest BCUT2D eigenvalue weighted by atomic mass is 127. The summed E-state index contributed by atoms with van der Waals surface area (Å²) in [6, 6.07) is 13.4. The molecule has 0 bridgehead atoms. The Morgan fingerprint density at radius 3 is 2.43 bits per heavy atom. The molecule has 0 radical (unpaired) electrons. The number of ether oxygens (including phenoxy) is 2. The average Bonchev–Trinajstić information content (AvgIpc) is 2.47. The molecule has 2 aromatic carbocycles. The van der Waals surface area contributed by atoms with Gasteiger partial charge >= 0.3 is 5.97 Å². The van der Waals surface area contributed by atoms with E-state index in [1.807, 2.05) is 12.1 Å². The van der Waals surface area contributed by atoms with Gasteiger partial charge in [0.1, 0.15) is 11.5 Å². The normalized spacial score (nSPS) is 9.95. The van der Waals surface area contributed by atoms with E-state index in [-0.39, 0.29) is 17.9 Å². The van der Waals surface area contributed by atoms with Gasteiger partial charge in [-0.3, -0.25) is 4.79 Å². The molecule has 0 aliphatic heterocycles. The topological polar surface area (TPSA) is 78.6 Å². The first kappa shape index (κ1) is 15.3. The number of esters is 1. The van der Waals surface area contributed by atoms with Crippen LogP contribution in [-0.4, -0.2) is 18.5 Å². The highest BCUT2D eigenvalue weighted by Gasteiger charge is 2.08. The van der Waals surface area contributed by atoms with Crippen LogP contribution in [0.1, 0.15) is 10.4 Å². The summed E-state index contributed by atoms with van der Waals surface area (Å²) in [7, 11) is 0. The van der Waals surface area contributed by atoms with Gasteiger partial charge in [0.25, 0.3) is 0 Å². The van der Waals surface area contributed by atoms with Crippen molar-refractivity contribution < 1.29 is 19.1 Å². The fraction of sp³-hybridized carbons (Fsp3) is 0.0667. The van der Waals surface area contributed by atoms with Gasteiger partial charge in [-0.15, -0.1) is 0 Å². The van der Waals surface area contributed by atoms with Crippen LogP contribution in [0.3, 0.4) is 0 Å². The van der Waals surface area contributed by atoms with Crippen molar-refractivity contribution in [2.75, 3.05) is 6.61 Å². The summed E-state index contributed by atoms with van der Waals surface area (Å²) < 4.78 is 11.5. The van der Waals surface area contributed by atoms with E-state index in [2.05, 4.69) is 22.6 Å². The van der Waals surface area contributed by atoms with Crippen molar-refractivity contribution in [3.8, 4) is 11.5 Å². The molecule has 0 aliphatic rings. The number of nitrogens with two attached hydrogens (primary N) is 1. The molecule has 0 heterocycles. The molecule has 2 aromatic rings. The van der Waals surface area contributed by atoms with Crippen molar-refractivity contribution in [2.24, 2.45) is 5.73 Å². The zero-order chi connectivity index (χ0) is 15.2. The number of benzene rings is 2. The van der Waals surface area contributed by atoms with Crippen LogP contribution in [0.4, 0.5) is 0 Å². The summed E-state index contributed by atoms with van der Waals surface area (Å²) in [5.74, 6) is -0.307. The third-order valence-electron chi connectivity index (χ3n) is 2.52. The van der Waals surface area contributed by atoms with Crippen molar-refractivity contribution in [1.82, 2.24) is 0 Å². The summed E-state index contributed by atoms with van der Waals surface area (Å²) in [6.45, 7) is -0.221. The molecule has 21 heavy (non-hydrogen) atoms. The lowest BCUT2D eigenvalue weighted by Crippen LogP contribution is -2.18. The lowest BCUT2D eigenvalue weighted by molar-refractivity contribution is -0.136. The Labute approximate surface area is 135 Å². The van der Waals surface area contributed by atoms with E-state index in [4.69, 9.17) is 15.2 Å². The number of hydrogen-bond acceptors (Lipinski definition) is 4. The molecule has 0 aliphatic carbocycles. The van der Waals surface area contributed by atoms with Gasteiger partial charge in [0.2, 0.25) is 5.91 Å². The molecule has 2 rings (SSSR count). The molecule has 5 nitrogen and oxygen atoms in total. The second kappa shape index (κ2) is 7.07. The van der Waals surface area contributed by atoms with Crippen LogP contribution in [-0.2, 0) is 4.79 Å². The standard InChI is InChI=1S/C15H12INO4/c16-11-4-6-12(7-5-11)20-9-14(18)21-13-3-1-2-10(8-13)15(17)19/h1-8H,9H2,(H2,17,19). The lowest BCUT2D eigenvalue weighted by Gasteiger charge is -2.07. The third-order valence-corrected chi connectivity index (χ3v) is 3.24. The molecular weight excluding hydrogens is 385 g/mol. The SMILES string of the molecule is NC(=O)c1cccc(OC(=O)COc2ccc(I)cc2)c1. The minimum atomic E-state index is -0.581. The number of carbonyl (C=O) groups excluding carboxylic acids is 2. The Bertz CT molecular complexity index is 655. The fourth-order valence-electron chi connectivity index (χ4n) is 1.55. The van der Waals surface area contributed by atoms with Crippen LogP contribution < -0.4 is 15.2 Å². The van der Waals surface area contributed by atoms with Crippen molar-refractivity contribution in [3.05, 3.63) is 57.7 Å². The Hall–Kier alpha value is -2.09. The van der Waals surface area contributed by atoms with Gasteiger partial charge in [-0.05, 0) is 65.1 Å². The van der Waals surface area contributed by atoms with E-state index in [1.165, 1.54) is 6.07 Å².